The number of fused-ring (bicyclic) bond motifs is 1. The zero-order chi connectivity index (χ0) is 30.1. The van der Waals surface area contributed by atoms with E-state index in [-0.39, 0.29) is 47.9 Å². The van der Waals surface area contributed by atoms with E-state index in [4.69, 9.17) is 4.74 Å². The van der Waals surface area contributed by atoms with Crippen molar-refractivity contribution in [3.63, 3.8) is 0 Å². The molecule has 1 atom stereocenters. The molecule has 0 fully saturated rings. The summed E-state index contributed by atoms with van der Waals surface area (Å²) >= 11 is 0. The summed E-state index contributed by atoms with van der Waals surface area (Å²) in [5, 5.41) is 23.9. The van der Waals surface area contributed by atoms with E-state index in [0.29, 0.717) is 22.4 Å². The molecule has 0 bridgehead atoms. The van der Waals surface area contributed by atoms with Crippen LogP contribution >= 0.6 is 0 Å². The highest BCUT2D eigenvalue weighted by atomic mass is 19.1. The lowest BCUT2D eigenvalue weighted by Gasteiger charge is -2.14. The minimum absolute atomic E-state index is 0.103. The van der Waals surface area contributed by atoms with Gasteiger partial charge in [-0.3, -0.25) is 23.9 Å². The van der Waals surface area contributed by atoms with Crippen LogP contribution in [0.5, 0.6) is 11.5 Å². The van der Waals surface area contributed by atoms with Crippen LogP contribution in [0.2, 0.25) is 0 Å². The number of anilines is 1. The van der Waals surface area contributed by atoms with E-state index < -0.39 is 22.8 Å². The monoisotopic (exact) mass is 576 g/mol. The van der Waals surface area contributed by atoms with Crippen molar-refractivity contribution in [3.8, 4) is 17.2 Å². The number of ketones is 1. The lowest BCUT2D eigenvalue weighted by molar-refractivity contribution is 0.0990. The van der Waals surface area contributed by atoms with E-state index in [1.165, 1.54) is 46.2 Å². The predicted molar refractivity (Wildman–Crippen MR) is 152 cm³/mol. The van der Waals surface area contributed by atoms with Crippen LogP contribution in [-0.2, 0) is 13.5 Å². The van der Waals surface area contributed by atoms with E-state index in [2.05, 4.69) is 25.6 Å². The summed E-state index contributed by atoms with van der Waals surface area (Å²) in [6, 6.07) is 4.99. The maximum atomic E-state index is 15.2. The van der Waals surface area contributed by atoms with Crippen LogP contribution in [-0.4, -0.2) is 57.6 Å². The summed E-state index contributed by atoms with van der Waals surface area (Å²) in [5.74, 6) is -0.753. The number of aliphatic hydroxyl groups is 1. The third-order valence-corrected chi connectivity index (χ3v) is 6.58. The molecule has 0 saturated carbocycles. The molecule has 0 aliphatic heterocycles. The Morgan fingerprint density at radius 3 is 2.62 bits per heavy atom. The average molecular weight is 577 g/mol. The van der Waals surface area contributed by atoms with E-state index in [1.54, 1.807) is 33.9 Å². The van der Waals surface area contributed by atoms with E-state index >= 15 is 4.39 Å². The molecule has 4 aromatic heterocycles. The Morgan fingerprint density at radius 1 is 1.17 bits per heavy atom. The number of carbonyl (C=O) groups is 1. The molecule has 1 aromatic carbocycles. The van der Waals surface area contributed by atoms with E-state index in [0.717, 1.165) is 10.6 Å². The van der Waals surface area contributed by atoms with Crippen molar-refractivity contribution in [1.29, 1.82) is 0 Å². The van der Waals surface area contributed by atoms with Gasteiger partial charge in [-0.15, -0.1) is 0 Å². The summed E-state index contributed by atoms with van der Waals surface area (Å²) in [6.45, 7) is 5.15. The number of rotatable bonds is 10. The second-order valence-electron chi connectivity index (χ2n) is 10.1. The van der Waals surface area contributed by atoms with Crippen molar-refractivity contribution in [3.05, 3.63) is 86.8 Å². The average Bonchev–Trinajstić information content (AvgIpc) is 3.56. The van der Waals surface area contributed by atoms with Gasteiger partial charge in [-0.05, 0) is 38.5 Å². The molecule has 0 radical (unpaired) electrons. The number of ether oxygens (including phenoxy) is 1. The summed E-state index contributed by atoms with van der Waals surface area (Å²) in [5.41, 5.74) is -0.638. The van der Waals surface area contributed by atoms with Crippen molar-refractivity contribution in [2.24, 2.45) is 7.05 Å². The zero-order valence-corrected chi connectivity index (χ0v) is 23.3. The number of aryl methyl sites for hydroxylation is 1. The van der Waals surface area contributed by atoms with Crippen LogP contribution < -0.4 is 21.3 Å². The van der Waals surface area contributed by atoms with Crippen molar-refractivity contribution in [2.45, 2.75) is 39.3 Å². The largest absolute Gasteiger partial charge is 0.453 e. The van der Waals surface area contributed by atoms with Crippen LogP contribution in [0, 0.1) is 5.82 Å². The number of hydrogen-bond donors (Lipinski definition) is 3. The van der Waals surface area contributed by atoms with Gasteiger partial charge in [-0.25, -0.2) is 18.7 Å². The van der Waals surface area contributed by atoms with Crippen LogP contribution in [0.15, 0.2) is 58.6 Å². The molecular formula is C28H29FN8O5. The molecule has 4 heterocycles. The first-order valence-corrected chi connectivity index (χ1v) is 13.1. The van der Waals surface area contributed by atoms with Gasteiger partial charge in [0.25, 0.3) is 5.56 Å². The first kappa shape index (κ1) is 28.4. The molecule has 0 unspecified atom stereocenters. The molecule has 14 heteroatoms. The Labute approximate surface area is 238 Å². The molecule has 218 valence electrons. The van der Waals surface area contributed by atoms with Crippen molar-refractivity contribution in [2.75, 3.05) is 11.9 Å². The van der Waals surface area contributed by atoms with Gasteiger partial charge in [0.15, 0.2) is 28.8 Å². The first-order valence-electron chi connectivity index (χ1n) is 13.1. The number of aromatic amines is 1. The molecule has 0 aliphatic rings. The fraction of sp³-hybridized carbons (Fsp3) is 0.286. The molecule has 13 nitrogen and oxygen atoms in total. The smallest absolute Gasteiger partial charge is 0.336 e. The second kappa shape index (κ2) is 11.4. The first-order chi connectivity index (χ1) is 20.1. The summed E-state index contributed by atoms with van der Waals surface area (Å²) in [6.07, 6.45) is 5.31. The van der Waals surface area contributed by atoms with Gasteiger partial charge in [-0.1, -0.05) is 6.07 Å². The topological polar surface area (TPSA) is 162 Å². The number of aliphatic hydroxyl groups excluding tert-OH is 1. The number of Topliss-reactive ketones (excluding diaryl/α,β-unsaturated/α-hetero) is 1. The van der Waals surface area contributed by atoms with Crippen molar-refractivity contribution >= 4 is 22.6 Å². The second-order valence-corrected chi connectivity index (χ2v) is 10.1. The number of hydrogen-bond acceptors (Lipinski definition) is 9. The van der Waals surface area contributed by atoms with Crippen LogP contribution in [0.3, 0.4) is 0 Å². The summed E-state index contributed by atoms with van der Waals surface area (Å²) in [7, 11) is 1.65. The normalized spacial score (nSPS) is 12.2. The molecule has 5 aromatic rings. The fourth-order valence-corrected chi connectivity index (χ4v) is 4.41. The Morgan fingerprint density at radius 2 is 1.95 bits per heavy atom. The number of H-pyrrole nitrogens is 1. The van der Waals surface area contributed by atoms with Crippen molar-refractivity contribution < 1.29 is 19.0 Å². The predicted octanol–water partition coefficient (Wildman–Crippen LogP) is 2.73. The van der Waals surface area contributed by atoms with Crippen LogP contribution in [0.1, 0.15) is 42.7 Å². The maximum absolute atomic E-state index is 15.2. The van der Waals surface area contributed by atoms with Gasteiger partial charge in [0.05, 0.1) is 18.5 Å². The van der Waals surface area contributed by atoms with Crippen LogP contribution in [0.25, 0.3) is 16.7 Å². The molecular weight excluding hydrogens is 547 g/mol. The number of nitrogens with zero attached hydrogens (tertiary/aromatic N) is 6. The zero-order valence-electron chi connectivity index (χ0n) is 23.3. The number of carbonyl (C=O) groups excluding carboxylic acids is 1. The van der Waals surface area contributed by atoms with Gasteiger partial charge in [-0.2, -0.15) is 10.2 Å². The highest BCUT2D eigenvalue weighted by Crippen LogP contribution is 2.34. The van der Waals surface area contributed by atoms with Gasteiger partial charge in [0, 0.05) is 50.2 Å². The molecule has 0 saturated heterocycles. The number of benzene rings is 1. The van der Waals surface area contributed by atoms with Gasteiger partial charge in [0.1, 0.15) is 16.7 Å². The van der Waals surface area contributed by atoms with Crippen LogP contribution in [0.4, 0.5) is 10.2 Å². The number of nitrogens with one attached hydrogen (secondary N) is 2. The third-order valence-electron chi connectivity index (χ3n) is 6.58. The third kappa shape index (κ3) is 5.43. The van der Waals surface area contributed by atoms with Gasteiger partial charge in [0.2, 0.25) is 0 Å². The molecule has 5 rings (SSSR count). The van der Waals surface area contributed by atoms with E-state index in [1.807, 2.05) is 0 Å². The van der Waals surface area contributed by atoms with Gasteiger partial charge < -0.3 is 15.2 Å². The quantitative estimate of drug-likeness (QED) is 0.212. The highest BCUT2D eigenvalue weighted by Gasteiger charge is 2.22. The number of halogens is 1. The SMILES string of the molecule is CC(C)n1cc(C(=O)Cc2ccc(Oc3ccnc4[nH]nc(N[C@H](C)CO)c34)c(F)c2)c(=O)n(-c2cnn(C)c2)c1=O. The maximum Gasteiger partial charge on any atom is 0.336 e. The van der Waals surface area contributed by atoms with Gasteiger partial charge >= 0.3 is 5.69 Å². The minimum Gasteiger partial charge on any atom is -0.453 e. The summed E-state index contributed by atoms with van der Waals surface area (Å²) in [4.78, 5) is 43.9. The Kier molecular flexibility index (Phi) is 7.72. The molecule has 3 N–H and O–H groups in total. The van der Waals surface area contributed by atoms with Crippen molar-refractivity contribution in [1.82, 2.24) is 34.1 Å². The lowest BCUT2D eigenvalue weighted by atomic mass is 10.0. The highest BCUT2D eigenvalue weighted by molar-refractivity contribution is 5.97. The van der Waals surface area contributed by atoms with E-state index in [9.17, 15) is 19.5 Å². The number of aromatic nitrogens is 7. The number of pyridine rings is 1. The fourth-order valence-electron chi connectivity index (χ4n) is 4.41. The lowest BCUT2D eigenvalue weighted by Crippen LogP contribution is -2.42. The summed E-state index contributed by atoms with van der Waals surface area (Å²) < 4.78 is 24.7. The Hall–Kier alpha value is -5.11. The Balaban J connectivity index is 1.43. The Bertz CT molecular complexity index is 1900. The minimum atomic E-state index is -0.780. The molecule has 0 aliphatic carbocycles. The standard InChI is InChI=1S/C28H29FN8O5/c1-15(2)36-13-19(27(40)37(28(36)41)18-11-31-35(4)12-18)21(39)10-17-5-6-22(20(29)9-17)42-23-7-8-30-25-24(23)26(34-33-25)32-16(3)14-38/h5-9,11-13,15-16,38H,10,14H2,1-4H3,(H2,30,32,33,34)/t16-/m1/s1. The molecule has 0 spiro atoms. The molecule has 42 heavy (non-hydrogen) atoms. The molecule has 0 amide bonds.